The van der Waals surface area contributed by atoms with Crippen LogP contribution in [0.25, 0.3) is 22.2 Å². The Morgan fingerprint density at radius 3 is 2.60 bits per heavy atom. The number of rotatable bonds is 3. The number of hydrogen-bond donors (Lipinski definition) is 2. The lowest BCUT2D eigenvalue weighted by atomic mass is 10.0. The van der Waals surface area contributed by atoms with Crippen molar-refractivity contribution < 1.29 is 13.2 Å². The summed E-state index contributed by atoms with van der Waals surface area (Å²) in [5.41, 5.74) is 0.440. The van der Waals surface area contributed by atoms with Crippen LogP contribution in [0.3, 0.4) is 0 Å². The molecule has 3 heterocycles. The Kier molecular flexibility index (Phi) is 4.49. The zero-order valence-electron chi connectivity index (χ0n) is 16.0. The third-order valence-corrected chi connectivity index (χ3v) is 4.56. The first-order valence-corrected chi connectivity index (χ1v) is 8.84. The Hall–Kier alpha value is -3.82. The minimum absolute atomic E-state index is 0.224. The summed E-state index contributed by atoms with van der Waals surface area (Å²) in [7, 11) is 1.59. The molecule has 0 bridgehead atoms. The molecule has 0 aliphatic rings. The van der Waals surface area contributed by atoms with Gasteiger partial charge in [-0.1, -0.05) is 0 Å². The van der Waals surface area contributed by atoms with E-state index in [9.17, 15) is 4.39 Å². The minimum Gasteiger partial charge on any atom is -0.283 e. The molecule has 0 amide bonds. The smallest absolute Gasteiger partial charge is 0.283 e. The molecule has 30 heavy (non-hydrogen) atoms. The van der Waals surface area contributed by atoms with Crippen LogP contribution in [-0.2, 0) is 13.0 Å². The molecule has 0 aliphatic heterocycles. The number of nitrogens with one attached hydrogen (secondary N) is 2. The van der Waals surface area contributed by atoms with Gasteiger partial charge in [0.2, 0.25) is 0 Å². The average Bonchev–Trinajstić information content (AvgIpc) is 3.06. The maximum absolute atomic E-state index is 15.2. The molecule has 0 unspecified atom stereocenters. The van der Waals surface area contributed by atoms with Crippen molar-refractivity contribution in [1.29, 1.82) is 10.8 Å². The predicted molar refractivity (Wildman–Crippen MR) is 104 cm³/mol. The van der Waals surface area contributed by atoms with Crippen molar-refractivity contribution in [2.75, 3.05) is 0 Å². The number of halogens is 3. The van der Waals surface area contributed by atoms with Crippen molar-refractivity contribution >= 4 is 16.7 Å². The summed E-state index contributed by atoms with van der Waals surface area (Å²) < 4.78 is 46.7. The summed E-state index contributed by atoms with van der Waals surface area (Å²) in [6, 6.07) is 6.34. The fourth-order valence-electron chi connectivity index (χ4n) is 3.11. The molecular formula is C20H16F3N7. The van der Waals surface area contributed by atoms with E-state index in [0.29, 0.717) is 15.6 Å². The Morgan fingerprint density at radius 2 is 1.87 bits per heavy atom. The molecule has 0 fully saturated rings. The highest BCUT2D eigenvalue weighted by molar-refractivity contribution is 5.90. The van der Waals surface area contributed by atoms with Gasteiger partial charge >= 0.3 is 5.92 Å². The summed E-state index contributed by atoms with van der Waals surface area (Å²) >= 11 is 0. The van der Waals surface area contributed by atoms with Gasteiger partial charge in [0.15, 0.2) is 5.84 Å². The molecule has 0 radical (unpaired) electrons. The van der Waals surface area contributed by atoms with Crippen molar-refractivity contribution in [2.24, 2.45) is 7.05 Å². The number of hydrogen-bond acceptors (Lipinski definition) is 5. The van der Waals surface area contributed by atoms with Crippen LogP contribution in [0, 0.1) is 23.6 Å². The molecule has 0 saturated heterocycles. The fourth-order valence-corrected chi connectivity index (χ4v) is 3.11. The molecule has 10 heteroatoms. The van der Waals surface area contributed by atoms with Gasteiger partial charge in [0.05, 0.1) is 16.8 Å². The number of aromatic nitrogens is 5. The van der Waals surface area contributed by atoms with E-state index in [0.717, 1.165) is 17.7 Å². The van der Waals surface area contributed by atoms with Gasteiger partial charge in [-0.2, -0.15) is 23.7 Å². The van der Waals surface area contributed by atoms with Crippen molar-refractivity contribution in [2.45, 2.75) is 12.8 Å². The monoisotopic (exact) mass is 411 g/mol. The van der Waals surface area contributed by atoms with E-state index in [2.05, 4.69) is 15.2 Å². The van der Waals surface area contributed by atoms with Crippen LogP contribution in [-0.4, -0.2) is 30.4 Å². The Bertz CT molecular complexity index is 1350. The van der Waals surface area contributed by atoms with Gasteiger partial charge in [0.1, 0.15) is 11.3 Å². The lowest BCUT2D eigenvalue weighted by molar-refractivity contribution is 0.0656. The zero-order chi connectivity index (χ0) is 21.6. The number of aryl methyl sites for hydroxylation is 2. The van der Waals surface area contributed by atoms with Crippen LogP contribution in [0.4, 0.5) is 13.2 Å². The summed E-state index contributed by atoms with van der Waals surface area (Å²) in [6.45, 7) is 1.82. The number of benzene rings is 1. The average molecular weight is 411 g/mol. The van der Waals surface area contributed by atoms with Gasteiger partial charge < -0.3 is 0 Å². The summed E-state index contributed by atoms with van der Waals surface area (Å²) in [6.07, 6.45) is 4.61. The second-order valence-corrected chi connectivity index (χ2v) is 6.88. The van der Waals surface area contributed by atoms with Crippen LogP contribution < -0.4 is 5.49 Å². The van der Waals surface area contributed by atoms with Gasteiger partial charge in [0.25, 0.3) is 0 Å². The quantitative estimate of drug-likeness (QED) is 0.400. The summed E-state index contributed by atoms with van der Waals surface area (Å²) in [4.78, 5) is 4.04. The van der Waals surface area contributed by atoms with Gasteiger partial charge in [0, 0.05) is 42.7 Å². The molecule has 1 aromatic carbocycles. The van der Waals surface area contributed by atoms with Gasteiger partial charge in [-0.15, -0.1) is 0 Å². The Morgan fingerprint density at radius 1 is 1.10 bits per heavy atom. The second kappa shape index (κ2) is 6.90. The van der Waals surface area contributed by atoms with Crippen molar-refractivity contribution in [3.63, 3.8) is 0 Å². The highest BCUT2D eigenvalue weighted by Gasteiger charge is 2.42. The largest absolute Gasteiger partial charge is 0.334 e. The van der Waals surface area contributed by atoms with E-state index in [4.69, 9.17) is 10.8 Å². The van der Waals surface area contributed by atoms with Crippen molar-refractivity contribution in [3.8, 4) is 11.3 Å². The normalized spacial score (nSPS) is 11.8. The van der Waals surface area contributed by atoms with E-state index in [-0.39, 0.29) is 11.2 Å². The number of fused-ring (bicyclic) bond motifs is 1. The SMILES string of the molecule is Cc1cncc(-c2ccc(=N)n(C(=N)C(F)(F)c3cc4cn(C)nc4cc3F)n2)c1. The van der Waals surface area contributed by atoms with Crippen molar-refractivity contribution in [3.05, 3.63) is 71.4 Å². The lowest BCUT2D eigenvalue weighted by Crippen LogP contribution is -2.40. The molecule has 3 aromatic heterocycles. The summed E-state index contributed by atoms with van der Waals surface area (Å²) in [5.74, 6) is -6.57. The highest BCUT2D eigenvalue weighted by Crippen LogP contribution is 2.33. The molecule has 4 rings (SSSR count). The molecule has 0 spiro atoms. The molecule has 152 valence electrons. The van der Waals surface area contributed by atoms with E-state index in [1.165, 1.54) is 29.2 Å². The molecule has 0 saturated carbocycles. The third kappa shape index (κ3) is 3.25. The Balaban J connectivity index is 1.81. The van der Waals surface area contributed by atoms with Crippen LogP contribution >= 0.6 is 0 Å². The highest BCUT2D eigenvalue weighted by atomic mass is 19.3. The molecular weight excluding hydrogens is 395 g/mol. The molecule has 0 aliphatic carbocycles. The van der Waals surface area contributed by atoms with E-state index >= 15 is 8.78 Å². The molecule has 7 nitrogen and oxygen atoms in total. The van der Waals surface area contributed by atoms with Crippen LogP contribution in [0.1, 0.15) is 11.1 Å². The first-order chi connectivity index (χ1) is 14.2. The van der Waals surface area contributed by atoms with Gasteiger partial charge in [-0.25, -0.2) is 4.39 Å². The zero-order valence-corrected chi connectivity index (χ0v) is 16.0. The van der Waals surface area contributed by atoms with Crippen LogP contribution in [0.5, 0.6) is 0 Å². The standard InChI is InChI=1S/C20H16F3N7/c1-11-5-12(9-26-8-11)16-3-4-18(24)30(28-16)19(25)20(22,23)14-6-13-10-29(2)27-17(13)7-15(14)21/h3-10,24-25H,1-2H3. The topological polar surface area (TPSA) is 96.2 Å². The first kappa shape index (κ1) is 19.5. The van der Waals surface area contributed by atoms with E-state index in [1.807, 2.05) is 6.92 Å². The Labute approximate surface area is 168 Å². The molecule has 4 aromatic rings. The predicted octanol–water partition coefficient (Wildman–Crippen LogP) is 3.38. The van der Waals surface area contributed by atoms with Crippen molar-refractivity contribution in [1.82, 2.24) is 24.5 Å². The minimum atomic E-state index is -4.04. The van der Waals surface area contributed by atoms with E-state index < -0.39 is 28.6 Å². The maximum atomic E-state index is 15.2. The number of alkyl halides is 2. The first-order valence-electron chi connectivity index (χ1n) is 8.84. The molecule has 2 N–H and O–H groups in total. The van der Waals surface area contributed by atoms with Crippen LogP contribution in [0.15, 0.2) is 48.9 Å². The van der Waals surface area contributed by atoms with Crippen LogP contribution in [0.2, 0.25) is 0 Å². The van der Waals surface area contributed by atoms with E-state index in [1.54, 1.807) is 19.3 Å². The number of pyridine rings is 1. The maximum Gasteiger partial charge on any atom is 0.334 e. The fraction of sp³-hybridized carbons (Fsp3) is 0.150. The molecule has 0 atom stereocenters. The van der Waals surface area contributed by atoms with Gasteiger partial charge in [-0.3, -0.25) is 20.5 Å². The lowest BCUT2D eigenvalue weighted by Gasteiger charge is -2.20. The second-order valence-electron chi connectivity index (χ2n) is 6.88. The summed E-state index contributed by atoms with van der Waals surface area (Å²) in [5, 5.41) is 24.3. The number of nitrogens with zero attached hydrogens (tertiary/aromatic N) is 5. The third-order valence-electron chi connectivity index (χ3n) is 4.56. The van der Waals surface area contributed by atoms with Gasteiger partial charge in [-0.05, 0) is 36.8 Å².